The fourth-order valence-electron chi connectivity index (χ4n) is 2.49. The summed E-state index contributed by atoms with van der Waals surface area (Å²) < 4.78 is 11.0. The summed E-state index contributed by atoms with van der Waals surface area (Å²) >= 11 is 0. The van der Waals surface area contributed by atoms with Crippen LogP contribution < -0.4 is 5.73 Å². The van der Waals surface area contributed by atoms with Gasteiger partial charge in [0.05, 0.1) is 0 Å². The Morgan fingerprint density at radius 3 is 2.78 bits per heavy atom. The molecule has 3 N–H and O–H groups in total. The summed E-state index contributed by atoms with van der Waals surface area (Å²) in [6, 6.07) is 0. The number of nitrogens with zero attached hydrogens (tertiary/aromatic N) is 2. The topological polar surface area (TPSA) is 94.4 Å². The lowest BCUT2D eigenvalue weighted by molar-refractivity contribution is -0.0777. The van der Waals surface area contributed by atoms with E-state index in [1.807, 2.05) is 6.92 Å². The summed E-state index contributed by atoms with van der Waals surface area (Å²) in [6.45, 7) is 2.65. The molecule has 102 valence electrons. The van der Waals surface area contributed by atoms with Gasteiger partial charge in [-0.05, 0) is 19.8 Å². The first-order valence-electron chi connectivity index (χ1n) is 6.58. The van der Waals surface area contributed by atoms with Crippen LogP contribution in [0.5, 0.6) is 0 Å². The molecule has 1 aromatic heterocycles. The number of ether oxygens (including phenoxy) is 1. The van der Waals surface area contributed by atoms with E-state index >= 15 is 0 Å². The molecule has 0 unspecified atom stereocenters. The molecule has 6 nitrogen and oxygen atoms in total. The van der Waals surface area contributed by atoms with Gasteiger partial charge in [0.1, 0.15) is 11.7 Å². The molecule has 0 aromatic carbocycles. The van der Waals surface area contributed by atoms with Crippen molar-refractivity contribution in [1.29, 1.82) is 0 Å². The van der Waals surface area contributed by atoms with Gasteiger partial charge >= 0.3 is 0 Å². The predicted molar refractivity (Wildman–Crippen MR) is 64.7 cm³/mol. The molecule has 0 amide bonds. The van der Waals surface area contributed by atoms with Crippen LogP contribution in [0.1, 0.15) is 56.8 Å². The minimum atomic E-state index is -0.895. The van der Waals surface area contributed by atoms with Gasteiger partial charge in [-0.3, -0.25) is 0 Å². The van der Waals surface area contributed by atoms with Crippen molar-refractivity contribution in [2.75, 3.05) is 13.2 Å². The monoisotopic (exact) mass is 255 g/mol. The molecule has 0 saturated heterocycles. The van der Waals surface area contributed by atoms with Gasteiger partial charge in [-0.1, -0.05) is 24.4 Å². The van der Waals surface area contributed by atoms with E-state index in [1.165, 1.54) is 6.42 Å². The number of rotatable bonds is 5. The molecule has 1 heterocycles. The molecule has 1 fully saturated rings. The summed E-state index contributed by atoms with van der Waals surface area (Å²) in [4.78, 5) is 4.26. The molecule has 0 radical (unpaired) electrons. The van der Waals surface area contributed by atoms with Crippen molar-refractivity contribution in [1.82, 2.24) is 10.1 Å². The molecule has 0 bridgehead atoms. The first-order valence-corrected chi connectivity index (χ1v) is 6.58. The van der Waals surface area contributed by atoms with Crippen molar-refractivity contribution in [3.63, 3.8) is 0 Å². The second-order valence-corrected chi connectivity index (χ2v) is 4.70. The lowest BCUT2D eigenvalue weighted by atomic mass is 9.84. The van der Waals surface area contributed by atoms with Crippen molar-refractivity contribution >= 4 is 0 Å². The maximum atomic E-state index is 9.59. The molecule has 1 aliphatic carbocycles. The van der Waals surface area contributed by atoms with Crippen LogP contribution in [0.2, 0.25) is 0 Å². The third kappa shape index (κ3) is 2.55. The van der Waals surface area contributed by atoms with E-state index < -0.39 is 11.7 Å². The first-order chi connectivity index (χ1) is 8.72. The smallest absolute Gasteiger partial charge is 0.256 e. The van der Waals surface area contributed by atoms with E-state index in [9.17, 15) is 5.11 Å². The Hall–Kier alpha value is -0.980. The summed E-state index contributed by atoms with van der Waals surface area (Å²) in [6.07, 6.45) is 4.32. The summed E-state index contributed by atoms with van der Waals surface area (Å²) in [5, 5.41) is 13.6. The molecule has 2 rings (SSSR count). The van der Waals surface area contributed by atoms with Crippen molar-refractivity contribution < 1.29 is 14.4 Å². The average Bonchev–Trinajstić information content (AvgIpc) is 2.89. The Labute approximate surface area is 107 Å². The standard InChI is InChI=1S/C12H21N3O3/c1-2-17-12(6-4-3-5-7-12)11-14-10(18-15-11)9(16)8-13/h9,16H,2-8,13H2,1H3/t9-/m0/s1. The van der Waals surface area contributed by atoms with Gasteiger partial charge in [0.25, 0.3) is 5.89 Å². The van der Waals surface area contributed by atoms with Gasteiger partial charge < -0.3 is 20.1 Å². The quantitative estimate of drug-likeness (QED) is 0.822. The van der Waals surface area contributed by atoms with E-state index in [2.05, 4.69) is 10.1 Å². The minimum absolute atomic E-state index is 0.0727. The second-order valence-electron chi connectivity index (χ2n) is 4.70. The number of aliphatic hydroxyl groups is 1. The molecular formula is C12H21N3O3. The fourth-order valence-corrected chi connectivity index (χ4v) is 2.49. The zero-order valence-electron chi connectivity index (χ0n) is 10.8. The SMILES string of the molecule is CCOC1(c2noc([C@@H](O)CN)n2)CCCCC1. The Bertz CT molecular complexity index is 369. The lowest BCUT2D eigenvalue weighted by Gasteiger charge is -2.33. The van der Waals surface area contributed by atoms with Crippen LogP contribution in [0.3, 0.4) is 0 Å². The molecule has 1 aromatic rings. The van der Waals surface area contributed by atoms with Crippen LogP contribution in [-0.2, 0) is 10.3 Å². The van der Waals surface area contributed by atoms with E-state index in [1.54, 1.807) is 0 Å². The zero-order valence-corrected chi connectivity index (χ0v) is 10.8. The molecule has 6 heteroatoms. The normalized spacial score (nSPS) is 20.8. The Balaban J connectivity index is 2.22. The highest BCUT2D eigenvalue weighted by Gasteiger charge is 2.39. The van der Waals surface area contributed by atoms with Crippen LogP contribution in [-0.4, -0.2) is 28.4 Å². The zero-order chi connectivity index (χ0) is 13.0. The third-order valence-electron chi connectivity index (χ3n) is 3.44. The Kier molecular flexibility index (Phi) is 4.31. The number of nitrogens with two attached hydrogens (primary N) is 1. The molecule has 1 aliphatic rings. The van der Waals surface area contributed by atoms with Crippen LogP contribution in [0.4, 0.5) is 0 Å². The Morgan fingerprint density at radius 2 is 2.17 bits per heavy atom. The van der Waals surface area contributed by atoms with Gasteiger partial charge in [-0.2, -0.15) is 4.98 Å². The van der Waals surface area contributed by atoms with Gasteiger partial charge in [0.15, 0.2) is 0 Å². The van der Waals surface area contributed by atoms with E-state index in [0.717, 1.165) is 25.7 Å². The summed E-state index contributed by atoms with van der Waals surface area (Å²) in [5.41, 5.74) is 4.93. The molecule has 18 heavy (non-hydrogen) atoms. The highest BCUT2D eigenvalue weighted by molar-refractivity contribution is 5.04. The molecule has 1 saturated carbocycles. The van der Waals surface area contributed by atoms with Crippen molar-refractivity contribution in [3.8, 4) is 0 Å². The van der Waals surface area contributed by atoms with E-state index in [-0.39, 0.29) is 12.4 Å². The van der Waals surface area contributed by atoms with E-state index in [4.69, 9.17) is 15.0 Å². The molecule has 0 spiro atoms. The van der Waals surface area contributed by atoms with Gasteiger partial charge in [0, 0.05) is 13.2 Å². The molecular weight excluding hydrogens is 234 g/mol. The van der Waals surface area contributed by atoms with Crippen molar-refractivity contribution in [2.45, 2.75) is 50.7 Å². The van der Waals surface area contributed by atoms with Gasteiger partial charge in [-0.15, -0.1) is 0 Å². The minimum Gasteiger partial charge on any atom is -0.382 e. The number of aromatic nitrogens is 2. The number of hydrogen-bond acceptors (Lipinski definition) is 6. The van der Waals surface area contributed by atoms with Crippen molar-refractivity contribution in [3.05, 3.63) is 11.7 Å². The summed E-state index contributed by atoms with van der Waals surface area (Å²) in [7, 11) is 0. The number of aliphatic hydroxyl groups excluding tert-OH is 1. The lowest BCUT2D eigenvalue weighted by Crippen LogP contribution is -2.33. The largest absolute Gasteiger partial charge is 0.382 e. The average molecular weight is 255 g/mol. The maximum absolute atomic E-state index is 9.59. The molecule has 0 aliphatic heterocycles. The maximum Gasteiger partial charge on any atom is 0.256 e. The highest BCUT2D eigenvalue weighted by Crippen LogP contribution is 2.39. The predicted octanol–water partition coefficient (Wildman–Crippen LogP) is 1.26. The van der Waals surface area contributed by atoms with Crippen LogP contribution >= 0.6 is 0 Å². The fraction of sp³-hybridized carbons (Fsp3) is 0.833. The highest BCUT2D eigenvalue weighted by atomic mass is 16.5. The van der Waals surface area contributed by atoms with Gasteiger partial charge in [-0.25, -0.2) is 0 Å². The van der Waals surface area contributed by atoms with Crippen LogP contribution in [0.25, 0.3) is 0 Å². The number of hydrogen-bond donors (Lipinski definition) is 2. The van der Waals surface area contributed by atoms with Gasteiger partial charge in [0.2, 0.25) is 5.82 Å². The van der Waals surface area contributed by atoms with Crippen LogP contribution in [0.15, 0.2) is 4.52 Å². The van der Waals surface area contributed by atoms with Crippen LogP contribution in [0, 0.1) is 0 Å². The third-order valence-corrected chi connectivity index (χ3v) is 3.44. The summed E-state index contributed by atoms with van der Waals surface area (Å²) in [5.74, 6) is 0.726. The Morgan fingerprint density at radius 1 is 1.44 bits per heavy atom. The first kappa shape index (κ1) is 13.5. The molecule has 1 atom stereocenters. The second kappa shape index (κ2) is 5.77. The van der Waals surface area contributed by atoms with Crippen molar-refractivity contribution in [2.24, 2.45) is 5.73 Å². The van der Waals surface area contributed by atoms with E-state index in [0.29, 0.717) is 12.4 Å².